The topological polar surface area (TPSA) is 119 Å². The van der Waals surface area contributed by atoms with Gasteiger partial charge < -0.3 is 20.9 Å². The molecule has 1 aromatic carbocycles. The first kappa shape index (κ1) is 14.5. The lowest BCUT2D eigenvalue weighted by Gasteiger charge is -2.23. The molecule has 3 rings (SSSR count). The minimum absolute atomic E-state index is 0.337. The molecule has 2 bridgehead atoms. The van der Waals surface area contributed by atoms with Crippen LogP contribution in [0.5, 0.6) is 0 Å². The molecule has 1 aromatic rings. The van der Waals surface area contributed by atoms with Gasteiger partial charge in [0.05, 0.1) is 24.0 Å². The van der Waals surface area contributed by atoms with Gasteiger partial charge in [-0.05, 0) is 37.1 Å². The Bertz CT molecular complexity index is 627. The molecular weight excluding hydrogens is 288 g/mol. The number of anilines is 1. The van der Waals surface area contributed by atoms with E-state index < -0.39 is 23.7 Å². The van der Waals surface area contributed by atoms with Crippen molar-refractivity contribution in [3.63, 3.8) is 0 Å². The Labute approximate surface area is 126 Å². The average Bonchev–Trinajstić information content (AvgIpc) is 3.08. The van der Waals surface area contributed by atoms with Gasteiger partial charge in [0.15, 0.2) is 0 Å². The van der Waals surface area contributed by atoms with Crippen molar-refractivity contribution in [1.29, 1.82) is 0 Å². The molecule has 0 saturated carbocycles. The van der Waals surface area contributed by atoms with E-state index in [2.05, 4.69) is 5.32 Å². The quantitative estimate of drug-likeness (QED) is 0.752. The van der Waals surface area contributed by atoms with Crippen LogP contribution in [0, 0.1) is 11.8 Å². The predicted molar refractivity (Wildman–Crippen MR) is 76.1 cm³/mol. The maximum Gasteiger partial charge on any atom is 0.310 e. The lowest BCUT2D eigenvalue weighted by molar-refractivity contribution is -0.147. The molecule has 2 amide bonds. The number of carbonyl (C=O) groups is 3. The third kappa shape index (κ3) is 2.43. The van der Waals surface area contributed by atoms with Crippen LogP contribution < -0.4 is 11.1 Å². The second-order valence-corrected chi connectivity index (χ2v) is 5.61. The van der Waals surface area contributed by atoms with Crippen molar-refractivity contribution < 1.29 is 24.2 Å². The van der Waals surface area contributed by atoms with Crippen molar-refractivity contribution in [2.24, 2.45) is 17.6 Å². The van der Waals surface area contributed by atoms with Gasteiger partial charge >= 0.3 is 5.97 Å². The highest BCUT2D eigenvalue weighted by Gasteiger charge is 2.55. The van der Waals surface area contributed by atoms with Crippen molar-refractivity contribution in [3.8, 4) is 0 Å². The van der Waals surface area contributed by atoms with Crippen LogP contribution in [0.15, 0.2) is 24.3 Å². The zero-order valence-electron chi connectivity index (χ0n) is 11.7. The van der Waals surface area contributed by atoms with E-state index in [1.54, 1.807) is 12.1 Å². The van der Waals surface area contributed by atoms with E-state index in [4.69, 9.17) is 10.5 Å². The molecule has 7 heteroatoms. The fraction of sp³-hybridized carbons (Fsp3) is 0.400. The number of rotatable bonds is 4. The summed E-state index contributed by atoms with van der Waals surface area (Å²) in [4.78, 5) is 34.8. The molecule has 22 heavy (non-hydrogen) atoms. The maximum absolute atomic E-state index is 12.4. The minimum atomic E-state index is -1.00. The van der Waals surface area contributed by atoms with Gasteiger partial charge in [-0.25, -0.2) is 0 Å². The number of aliphatic carboxylic acids is 1. The van der Waals surface area contributed by atoms with Gasteiger partial charge in [0.25, 0.3) is 0 Å². The summed E-state index contributed by atoms with van der Waals surface area (Å²) in [7, 11) is 0. The fourth-order valence-corrected chi connectivity index (χ4v) is 3.27. The number of primary amides is 1. The van der Waals surface area contributed by atoms with Gasteiger partial charge in [-0.15, -0.1) is 0 Å². The molecule has 2 saturated heterocycles. The molecule has 0 radical (unpaired) electrons. The van der Waals surface area contributed by atoms with Gasteiger partial charge in [-0.3, -0.25) is 14.4 Å². The molecule has 2 heterocycles. The lowest BCUT2D eigenvalue weighted by Crippen LogP contribution is -2.40. The fourth-order valence-electron chi connectivity index (χ4n) is 3.27. The van der Waals surface area contributed by atoms with E-state index >= 15 is 0 Å². The second kappa shape index (κ2) is 5.42. The van der Waals surface area contributed by atoms with Gasteiger partial charge in [0.1, 0.15) is 0 Å². The van der Waals surface area contributed by atoms with E-state index in [9.17, 15) is 19.5 Å². The Morgan fingerprint density at radius 3 is 2.23 bits per heavy atom. The largest absolute Gasteiger partial charge is 0.481 e. The summed E-state index contributed by atoms with van der Waals surface area (Å²) < 4.78 is 5.57. The first-order valence-corrected chi connectivity index (χ1v) is 7.06. The summed E-state index contributed by atoms with van der Waals surface area (Å²) in [6.07, 6.45) is 0.665. The molecule has 2 aliphatic heterocycles. The van der Waals surface area contributed by atoms with E-state index in [1.807, 2.05) is 0 Å². The number of fused-ring (bicyclic) bond motifs is 2. The molecular formula is C15H16N2O5. The predicted octanol–water partition coefficient (Wildman–Crippen LogP) is 0.602. The minimum Gasteiger partial charge on any atom is -0.481 e. The zero-order chi connectivity index (χ0) is 15.9. The number of benzene rings is 1. The van der Waals surface area contributed by atoms with Gasteiger partial charge in [0, 0.05) is 11.3 Å². The van der Waals surface area contributed by atoms with E-state index in [1.165, 1.54) is 12.1 Å². The number of nitrogens with one attached hydrogen (secondary N) is 1. The highest BCUT2D eigenvalue weighted by Crippen LogP contribution is 2.44. The normalized spacial score (nSPS) is 29.3. The number of amides is 2. The van der Waals surface area contributed by atoms with Crippen molar-refractivity contribution in [3.05, 3.63) is 29.8 Å². The highest BCUT2D eigenvalue weighted by molar-refractivity contribution is 5.97. The van der Waals surface area contributed by atoms with Crippen molar-refractivity contribution >= 4 is 23.5 Å². The van der Waals surface area contributed by atoms with Crippen LogP contribution >= 0.6 is 0 Å². The average molecular weight is 304 g/mol. The van der Waals surface area contributed by atoms with Crippen LogP contribution in [0.1, 0.15) is 23.2 Å². The number of carboxylic acid groups (broad SMARTS) is 1. The first-order chi connectivity index (χ1) is 10.5. The number of carboxylic acids is 1. The van der Waals surface area contributed by atoms with Crippen molar-refractivity contribution in [1.82, 2.24) is 0 Å². The molecule has 116 valence electrons. The van der Waals surface area contributed by atoms with Crippen LogP contribution in [0.2, 0.25) is 0 Å². The molecule has 0 spiro atoms. The Hall–Kier alpha value is -2.41. The molecule has 0 aromatic heterocycles. The smallest absolute Gasteiger partial charge is 0.310 e. The van der Waals surface area contributed by atoms with E-state index in [0.717, 1.165) is 0 Å². The SMILES string of the molecule is NC(=O)c1ccc(NC(=O)[C@@H]2[C@@H](C(=O)O)[C@@H]3CC[C@@H]2O3)cc1. The second-order valence-electron chi connectivity index (χ2n) is 5.61. The van der Waals surface area contributed by atoms with Gasteiger partial charge in [0.2, 0.25) is 11.8 Å². The molecule has 4 atom stereocenters. The lowest BCUT2D eigenvalue weighted by atomic mass is 9.78. The molecule has 0 unspecified atom stereocenters. The summed E-state index contributed by atoms with van der Waals surface area (Å²) in [6.45, 7) is 0. The van der Waals surface area contributed by atoms with Crippen LogP contribution in [0.4, 0.5) is 5.69 Å². The van der Waals surface area contributed by atoms with Crippen molar-refractivity contribution in [2.45, 2.75) is 25.0 Å². The summed E-state index contributed by atoms with van der Waals surface area (Å²) in [5.41, 5.74) is 5.97. The van der Waals surface area contributed by atoms with Crippen LogP contribution in [0.3, 0.4) is 0 Å². The molecule has 2 fully saturated rings. The molecule has 7 nitrogen and oxygen atoms in total. The number of hydrogen-bond acceptors (Lipinski definition) is 4. The molecule has 2 aliphatic rings. The summed E-state index contributed by atoms with van der Waals surface area (Å²) in [5, 5.41) is 12.0. The zero-order valence-corrected chi connectivity index (χ0v) is 11.7. The van der Waals surface area contributed by atoms with Gasteiger partial charge in [-0.2, -0.15) is 0 Å². The monoisotopic (exact) mass is 304 g/mol. The number of ether oxygens (including phenoxy) is 1. The van der Waals surface area contributed by atoms with Crippen molar-refractivity contribution in [2.75, 3.05) is 5.32 Å². The summed E-state index contributed by atoms with van der Waals surface area (Å²) in [5.74, 6) is -3.41. The number of nitrogens with two attached hydrogens (primary N) is 1. The van der Waals surface area contributed by atoms with Gasteiger partial charge in [-0.1, -0.05) is 0 Å². The van der Waals surface area contributed by atoms with Crippen LogP contribution in [-0.4, -0.2) is 35.1 Å². The Morgan fingerprint density at radius 2 is 1.68 bits per heavy atom. The Kier molecular flexibility index (Phi) is 3.58. The third-order valence-electron chi connectivity index (χ3n) is 4.30. The Morgan fingerprint density at radius 1 is 1.09 bits per heavy atom. The number of hydrogen-bond donors (Lipinski definition) is 3. The van der Waals surface area contributed by atoms with E-state index in [-0.39, 0.29) is 18.1 Å². The van der Waals surface area contributed by atoms with Crippen LogP contribution in [0.25, 0.3) is 0 Å². The Balaban J connectivity index is 1.73. The molecule has 4 N–H and O–H groups in total. The highest BCUT2D eigenvalue weighted by atomic mass is 16.5. The third-order valence-corrected chi connectivity index (χ3v) is 4.30. The maximum atomic E-state index is 12.4. The summed E-state index contributed by atoms with van der Waals surface area (Å²) >= 11 is 0. The van der Waals surface area contributed by atoms with Crippen LogP contribution in [-0.2, 0) is 14.3 Å². The summed E-state index contributed by atoms with van der Waals surface area (Å²) in [6, 6.07) is 6.12. The molecule has 0 aliphatic carbocycles. The standard InChI is InChI=1S/C15H16N2O5/c16-13(18)7-1-3-8(4-2-7)17-14(19)11-9-5-6-10(22-9)12(11)15(20)21/h1-4,9-12H,5-6H2,(H2,16,18)(H,17,19)(H,20,21)/t9-,10-,11-,12-/m0/s1. The number of carbonyl (C=O) groups excluding carboxylic acids is 2. The van der Waals surface area contributed by atoms with E-state index in [0.29, 0.717) is 24.1 Å². The first-order valence-electron chi connectivity index (χ1n) is 7.06.